The first-order valence-corrected chi connectivity index (χ1v) is 9.57. The zero-order chi connectivity index (χ0) is 20.0. The molecule has 2 aromatic heterocycles. The van der Waals surface area contributed by atoms with Crippen molar-refractivity contribution in [2.24, 2.45) is 0 Å². The number of β-amino-alcohol motifs (C(OH)–C–C–N with tert-alkyl or cyclic N) is 1. The summed E-state index contributed by atoms with van der Waals surface area (Å²) in [7, 11) is 0. The Bertz CT molecular complexity index is 1240. The Labute approximate surface area is 169 Å². The van der Waals surface area contributed by atoms with Gasteiger partial charge in [-0.3, -0.25) is 0 Å². The van der Waals surface area contributed by atoms with Crippen LogP contribution in [0.1, 0.15) is 11.1 Å². The summed E-state index contributed by atoms with van der Waals surface area (Å²) in [4.78, 5) is 14.4. The minimum atomic E-state index is -0.276. The van der Waals surface area contributed by atoms with E-state index in [0.717, 1.165) is 44.8 Å². The van der Waals surface area contributed by atoms with Crippen molar-refractivity contribution in [1.82, 2.24) is 15.0 Å². The molecule has 2 N–H and O–H groups in total. The predicted molar refractivity (Wildman–Crippen MR) is 116 cm³/mol. The molecule has 0 atom stereocenters. The van der Waals surface area contributed by atoms with Crippen LogP contribution >= 0.6 is 0 Å². The number of benzene rings is 2. The van der Waals surface area contributed by atoms with Gasteiger partial charge in [-0.15, -0.1) is 6.42 Å². The third kappa shape index (κ3) is 3.04. The fourth-order valence-electron chi connectivity index (χ4n) is 3.79. The van der Waals surface area contributed by atoms with Crippen LogP contribution in [0.3, 0.4) is 0 Å². The van der Waals surface area contributed by atoms with Gasteiger partial charge in [0.15, 0.2) is 0 Å². The van der Waals surface area contributed by atoms with Crippen LogP contribution in [0.15, 0.2) is 54.9 Å². The molecule has 1 saturated heterocycles. The van der Waals surface area contributed by atoms with Crippen LogP contribution < -0.4 is 4.90 Å². The number of anilines is 1. The van der Waals surface area contributed by atoms with E-state index >= 15 is 0 Å². The van der Waals surface area contributed by atoms with Crippen LogP contribution in [-0.4, -0.2) is 39.3 Å². The monoisotopic (exact) mass is 380 g/mol. The molecular formula is C24H20N4O. The van der Waals surface area contributed by atoms with Crippen LogP contribution in [0.5, 0.6) is 0 Å². The Morgan fingerprint density at radius 1 is 1.07 bits per heavy atom. The Kier molecular flexibility index (Phi) is 4.08. The largest absolute Gasteiger partial charge is 0.389 e. The molecule has 0 amide bonds. The quantitative estimate of drug-likeness (QED) is 0.531. The first-order chi connectivity index (χ1) is 14.1. The highest BCUT2D eigenvalue weighted by Gasteiger charge is 2.26. The number of aliphatic hydroxyl groups is 1. The number of H-pyrrole nitrogens is 1. The molecule has 1 aliphatic rings. The van der Waals surface area contributed by atoms with E-state index in [4.69, 9.17) is 6.42 Å². The van der Waals surface area contributed by atoms with Gasteiger partial charge >= 0.3 is 0 Å². The number of nitrogens with one attached hydrogen (secondary N) is 1. The number of aliphatic hydroxyl groups excluding tert-OH is 1. The summed E-state index contributed by atoms with van der Waals surface area (Å²) in [6.45, 7) is 3.30. The minimum Gasteiger partial charge on any atom is -0.389 e. The molecule has 5 rings (SSSR count). The van der Waals surface area contributed by atoms with E-state index in [1.165, 1.54) is 5.56 Å². The summed E-state index contributed by atoms with van der Waals surface area (Å²) in [6.07, 6.45) is 7.07. The molecule has 1 fully saturated rings. The van der Waals surface area contributed by atoms with Gasteiger partial charge in [0.1, 0.15) is 12.0 Å². The van der Waals surface area contributed by atoms with Crippen molar-refractivity contribution in [1.29, 1.82) is 0 Å². The van der Waals surface area contributed by atoms with E-state index in [2.05, 4.69) is 63.0 Å². The van der Waals surface area contributed by atoms with Crippen molar-refractivity contribution in [3.05, 3.63) is 66.0 Å². The Morgan fingerprint density at radius 2 is 1.83 bits per heavy atom. The molecule has 5 heteroatoms. The maximum atomic E-state index is 9.59. The van der Waals surface area contributed by atoms with E-state index in [1.54, 1.807) is 6.33 Å². The van der Waals surface area contributed by atoms with Crippen molar-refractivity contribution >= 4 is 16.7 Å². The summed E-state index contributed by atoms with van der Waals surface area (Å²) < 4.78 is 0. The molecule has 142 valence electrons. The number of fused-ring (bicyclic) bond motifs is 1. The SMILES string of the molecule is C#Cc1cc(-c2ncnc3[nH]c(-c4ccc(C)cc4)cc23)ccc1N1CC(O)C1. The molecule has 0 radical (unpaired) electrons. The number of aromatic nitrogens is 3. The molecule has 4 aromatic rings. The lowest BCUT2D eigenvalue weighted by molar-refractivity contribution is 0.142. The second-order valence-corrected chi connectivity index (χ2v) is 7.47. The van der Waals surface area contributed by atoms with Crippen LogP contribution in [0, 0.1) is 19.3 Å². The smallest absolute Gasteiger partial charge is 0.141 e. The molecule has 5 nitrogen and oxygen atoms in total. The summed E-state index contributed by atoms with van der Waals surface area (Å²) in [6, 6.07) is 16.5. The van der Waals surface area contributed by atoms with E-state index in [-0.39, 0.29) is 6.10 Å². The van der Waals surface area contributed by atoms with Crippen molar-refractivity contribution in [2.45, 2.75) is 13.0 Å². The van der Waals surface area contributed by atoms with Crippen LogP contribution in [0.2, 0.25) is 0 Å². The van der Waals surface area contributed by atoms with Gasteiger partial charge in [-0.1, -0.05) is 41.8 Å². The van der Waals surface area contributed by atoms with Crippen LogP contribution in [-0.2, 0) is 0 Å². The van der Waals surface area contributed by atoms with Crippen molar-refractivity contribution in [3.8, 4) is 34.9 Å². The lowest BCUT2D eigenvalue weighted by Gasteiger charge is -2.38. The van der Waals surface area contributed by atoms with Gasteiger partial charge in [-0.2, -0.15) is 0 Å². The van der Waals surface area contributed by atoms with Crippen LogP contribution in [0.4, 0.5) is 5.69 Å². The van der Waals surface area contributed by atoms with E-state index < -0.39 is 0 Å². The second-order valence-electron chi connectivity index (χ2n) is 7.47. The van der Waals surface area contributed by atoms with Crippen molar-refractivity contribution in [3.63, 3.8) is 0 Å². The topological polar surface area (TPSA) is 65.0 Å². The molecule has 0 spiro atoms. The number of terminal acetylenes is 1. The summed E-state index contributed by atoms with van der Waals surface area (Å²) in [5.74, 6) is 2.78. The number of aromatic amines is 1. The van der Waals surface area contributed by atoms with Gasteiger partial charge < -0.3 is 15.0 Å². The van der Waals surface area contributed by atoms with Crippen molar-refractivity contribution < 1.29 is 5.11 Å². The normalized spacial score (nSPS) is 14.0. The Morgan fingerprint density at radius 3 is 2.55 bits per heavy atom. The Balaban J connectivity index is 1.58. The lowest BCUT2D eigenvalue weighted by atomic mass is 10.0. The van der Waals surface area contributed by atoms with Gasteiger partial charge in [0, 0.05) is 35.3 Å². The molecule has 3 heterocycles. The summed E-state index contributed by atoms with van der Waals surface area (Å²) in [5.41, 5.74) is 7.70. The highest BCUT2D eigenvalue weighted by molar-refractivity contribution is 5.94. The fraction of sp³-hybridized carbons (Fsp3) is 0.167. The molecule has 0 unspecified atom stereocenters. The molecule has 0 saturated carbocycles. The standard InChI is InChI=1S/C24H20N4O/c1-3-16-10-18(8-9-22(16)28-12-19(29)13-28)23-20-11-21(27-24(20)26-14-25-23)17-6-4-15(2)5-7-17/h1,4-11,14,19,29H,12-13H2,2H3,(H,25,26,27). The molecule has 0 aliphatic carbocycles. The highest BCUT2D eigenvalue weighted by Crippen LogP contribution is 2.33. The van der Waals surface area contributed by atoms with Gasteiger partial charge in [0.05, 0.1) is 17.5 Å². The number of hydrogen-bond acceptors (Lipinski definition) is 4. The van der Waals surface area contributed by atoms with Gasteiger partial charge in [0.25, 0.3) is 0 Å². The average Bonchev–Trinajstić information content (AvgIpc) is 3.16. The lowest BCUT2D eigenvalue weighted by Crippen LogP contribution is -2.51. The first-order valence-electron chi connectivity index (χ1n) is 9.57. The maximum absolute atomic E-state index is 9.59. The molecule has 29 heavy (non-hydrogen) atoms. The second kappa shape index (κ2) is 6.77. The third-order valence-corrected chi connectivity index (χ3v) is 5.42. The van der Waals surface area contributed by atoms with E-state index in [0.29, 0.717) is 13.1 Å². The van der Waals surface area contributed by atoms with Crippen LogP contribution in [0.25, 0.3) is 33.5 Å². The predicted octanol–water partition coefficient (Wildman–Crippen LogP) is 3.76. The molecule has 0 bridgehead atoms. The fourth-order valence-corrected chi connectivity index (χ4v) is 3.79. The van der Waals surface area contributed by atoms with Gasteiger partial charge in [-0.25, -0.2) is 9.97 Å². The first kappa shape index (κ1) is 17.5. The third-order valence-electron chi connectivity index (χ3n) is 5.42. The number of nitrogens with zero attached hydrogens (tertiary/aromatic N) is 3. The Hall–Kier alpha value is -3.62. The van der Waals surface area contributed by atoms with Crippen molar-refractivity contribution in [2.75, 3.05) is 18.0 Å². The number of hydrogen-bond donors (Lipinski definition) is 2. The minimum absolute atomic E-state index is 0.276. The number of rotatable bonds is 3. The average molecular weight is 380 g/mol. The zero-order valence-corrected chi connectivity index (χ0v) is 16.1. The molecule has 2 aromatic carbocycles. The van der Waals surface area contributed by atoms with Gasteiger partial charge in [0.2, 0.25) is 0 Å². The summed E-state index contributed by atoms with van der Waals surface area (Å²) >= 11 is 0. The van der Waals surface area contributed by atoms with E-state index in [1.807, 2.05) is 18.2 Å². The van der Waals surface area contributed by atoms with E-state index in [9.17, 15) is 5.11 Å². The molecule has 1 aliphatic heterocycles. The summed E-state index contributed by atoms with van der Waals surface area (Å²) in [5, 5.41) is 10.5. The number of aryl methyl sites for hydroxylation is 1. The zero-order valence-electron chi connectivity index (χ0n) is 16.1. The molecular weight excluding hydrogens is 360 g/mol. The highest BCUT2D eigenvalue weighted by atomic mass is 16.3. The van der Waals surface area contributed by atoms with Gasteiger partial charge in [-0.05, 0) is 30.7 Å². The maximum Gasteiger partial charge on any atom is 0.141 e.